The number of rotatable bonds is 4. The molecule has 1 aromatic carbocycles. The number of nitrogens with zero attached hydrogens (tertiary/aromatic N) is 2. The SMILES string of the molecule is CC(C)N1CCO[C@@H](C(=O)N(C)Cc2cc(Br)ccc2F)C1. The molecule has 0 spiro atoms. The zero-order valence-electron chi connectivity index (χ0n) is 13.2. The molecule has 1 atom stereocenters. The molecule has 0 bridgehead atoms. The van der Waals surface area contributed by atoms with Gasteiger partial charge < -0.3 is 9.64 Å². The van der Waals surface area contributed by atoms with Crippen LogP contribution >= 0.6 is 15.9 Å². The fourth-order valence-corrected chi connectivity index (χ4v) is 2.94. The lowest BCUT2D eigenvalue weighted by Gasteiger charge is -2.36. The molecule has 1 amide bonds. The van der Waals surface area contributed by atoms with Crippen molar-refractivity contribution in [1.82, 2.24) is 9.80 Å². The van der Waals surface area contributed by atoms with Gasteiger partial charge in [-0.3, -0.25) is 9.69 Å². The van der Waals surface area contributed by atoms with Crippen LogP contribution in [0, 0.1) is 5.82 Å². The molecule has 1 aromatic rings. The van der Waals surface area contributed by atoms with Crippen LogP contribution in [0.2, 0.25) is 0 Å². The summed E-state index contributed by atoms with van der Waals surface area (Å²) in [6, 6.07) is 5.12. The molecule has 2 rings (SSSR count). The molecule has 0 aliphatic carbocycles. The Bertz CT molecular complexity index is 539. The maximum absolute atomic E-state index is 13.8. The smallest absolute Gasteiger partial charge is 0.253 e. The van der Waals surface area contributed by atoms with E-state index >= 15 is 0 Å². The Hall–Kier alpha value is -0.980. The molecule has 22 heavy (non-hydrogen) atoms. The Morgan fingerprint density at radius 2 is 2.27 bits per heavy atom. The van der Waals surface area contributed by atoms with Crippen LogP contribution in [-0.2, 0) is 16.1 Å². The maximum atomic E-state index is 13.8. The standard InChI is InChI=1S/C16H22BrFN2O2/c1-11(2)20-6-7-22-15(10-20)16(21)19(3)9-12-8-13(17)4-5-14(12)18/h4-5,8,11,15H,6-7,9-10H2,1-3H3/t15-/m1/s1. The molecule has 0 N–H and O–H groups in total. The van der Waals surface area contributed by atoms with E-state index < -0.39 is 6.10 Å². The fourth-order valence-electron chi connectivity index (χ4n) is 2.53. The van der Waals surface area contributed by atoms with Gasteiger partial charge >= 0.3 is 0 Å². The average Bonchev–Trinajstić information content (AvgIpc) is 2.50. The van der Waals surface area contributed by atoms with Gasteiger partial charge in [0.25, 0.3) is 5.91 Å². The number of halogens is 2. The number of benzene rings is 1. The van der Waals surface area contributed by atoms with Crippen molar-refractivity contribution in [2.45, 2.75) is 32.5 Å². The van der Waals surface area contributed by atoms with E-state index in [0.717, 1.165) is 11.0 Å². The third-order valence-electron chi connectivity index (χ3n) is 3.90. The van der Waals surface area contributed by atoms with Crippen LogP contribution in [0.4, 0.5) is 4.39 Å². The van der Waals surface area contributed by atoms with Gasteiger partial charge in [0.05, 0.1) is 6.61 Å². The second-order valence-corrected chi connectivity index (χ2v) is 6.79. The number of likely N-dealkylation sites (N-methyl/N-ethyl adjacent to an activating group) is 1. The molecule has 1 aliphatic heterocycles. The predicted molar refractivity (Wildman–Crippen MR) is 87.0 cm³/mol. The predicted octanol–water partition coefficient (Wildman–Crippen LogP) is 2.66. The summed E-state index contributed by atoms with van der Waals surface area (Å²) in [6.45, 7) is 6.41. The van der Waals surface area contributed by atoms with Crippen molar-refractivity contribution in [3.05, 3.63) is 34.1 Å². The van der Waals surface area contributed by atoms with E-state index in [4.69, 9.17) is 4.74 Å². The van der Waals surface area contributed by atoms with Crippen molar-refractivity contribution in [2.75, 3.05) is 26.7 Å². The van der Waals surface area contributed by atoms with Gasteiger partial charge in [-0.2, -0.15) is 0 Å². The van der Waals surface area contributed by atoms with E-state index in [2.05, 4.69) is 34.7 Å². The monoisotopic (exact) mass is 372 g/mol. The quantitative estimate of drug-likeness (QED) is 0.814. The minimum atomic E-state index is -0.476. The van der Waals surface area contributed by atoms with Crippen LogP contribution in [-0.4, -0.2) is 54.6 Å². The molecule has 1 fully saturated rings. The number of carbonyl (C=O) groups excluding carboxylic acids is 1. The molecule has 122 valence electrons. The third-order valence-corrected chi connectivity index (χ3v) is 4.39. The van der Waals surface area contributed by atoms with Gasteiger partial charge in [0.1, 0.15) is 11.9 Å². The van der Waals surface area contributed by atoms with Crippen molar-refractivity contribution in [3.8, 4) is 0 Å². The Morgan fingerprint density at radius 1 is 1.55 bits per heavy atom. The molecule has 1 heterocycles. The lowest BCUT2D eigenvalue weighted by molar-refractivity contribution is -0.149. The minimum Gasteiger partial charge on any atom is -0.366 e. The fraction of sp³-hybridized carbons (Fsp3) is 0.562. The molecular formula is C16H22BrFN2O2. The van der Waals surface area contributed by atoms with Crippen molar-refractivity contribution in [2.24, 2.45) is 0 Å². The lowest BCUT2D eigenvalue weighted by atomic mass is 10.1. The second-order valence-electron chi connectivity index (χ2n) is 5.88. The third kappa shape index (κ3) is 4.27. The summed E-state index contributed by atoms with van der Waals surface area (Å²) in [5.74, 6) is -0.416. The first-order valence-electron chi connectivity index (χ1n) is 7.43. The molecule has 1 aliphatic rings. The van der Waals surface area contributed by atoms with Crippen molar-refractivity contribution < 1.29 is 13.9 Å². The van der Waals surface area contributed by atoms with Crippen molar-refractivity contribution in [3.63, 3.8) is 0 Å². The van der Waals surface area contributed by atoms with E-state index in [1.165, 1.54) is 11.0 Å². The van der Waals surface area contributed by atoms with E-state index in [1.807, 2.05) is 0 Å². The van der Waals surface area contributed by atoms with Gasteiger partial charge in [-0.15, -0.1) is 0 Å². The van der Waals surface area contributed by atoms with Gasteiger partial charge in [-0.25, -0.2) is 4.39 Å². The number of morpholine rings is 1. The van der Waals surface area contributed by atoms with Gasteiger partial charge in [-0.05, 0) is 32.0 Å². The van der Waals surface area contributed by atoms with E-state index in [-0.39, 0.29) is 18.3 Å². The first-order valence-corrected chi connectivity index (χ1v) is 8.22. The molecule has 0 saturated carbocycles. The van der Waals surface area contributed by atoms with Crippen molar-refractivity contribution in [1.29, 1.82) is 0 Å². The molecule has 0 radical (unpaired) electrons. The number of carbonyl (C=O) groups is 1. The highest BCUT2D eigenvalue weighted by Crippen LogP contribution is 2.18. The summed E-state index contributed by atoms with van der Waals surface area (Å²) in [4.78, 5) is 16.3. The average molecular weight is 373 g/mol. The zero-order valence-corrected chi connectivity index (χ0v) is 14.8. The molecule has 0 unspecified atom stereocenters. The van der Waals surface area contributed by atoms with Gasteiger partial charge in [0.15, 0.2) is 0 Å². The molecule has 0 aromatic heterocycles. The lowest BCUT2D eigenvalue weighted by Crippen LogP contribution is -2.51. The second kappa shape index (κ2) is 7.53. The van der Waals surface area contributed by atoms with Gasteiger partial charge in [0, 0.05) is 42.8 Å². The Morgan fingerprint density at radius 3 is 2.95 bits per heavy atom. The van der Waals surface area contributed by atoms with Crippen LogP contribution in [0.25, 0.3) is 0 Å². The summed E-state index contributed by atoms with van der Waals surface area (Å²) in [5, 5.41) is 0. The zero-order chi connectivity index (χ0) is 16.3. The van der Waals surface area contributed by atoms with Crippen LogP contribution < -0.4 is 0 Å². The number of hydrogen-bond donors (Lipinski definition) is 0. The summed E-state index contributed by atoms with van der Waals surface area (Å²) >= 11 is 3.32. The van der Waals surface area contributed by atoms with E-state index in [1.54, 1.807) is 19.2 Å². The van der Waals surface area contributed by atoms with Crippen LogP contribution in [0.1, 0.15) is 19.4 Å². The first kappa shape index (κ1) is 17.4. The van der Waals surface area contributed by atoms with E-state index in [0.29, 0.717) is 24.8 Å². The maximum Gasteiger partial charge on any atom is 0.253 e. The van der Waals surface area contributed by atoms with Gasteiger partial charge in [0.2, 0.25) is 0 Å². The summed E-state index contributed by atoms with van der Waals surface area (Å²) in [6.07, 6.45) is -0.476. The highest BCUT2D eigenvalue weighted by molar-refractivity contribution is 9.10. The van der Waals surface area contributed by atoms with E-state index in [9.17, 15) is 9.18 Å². The number of hydrogen-bond acceptors (Lipinski definition) is 3. The van der Waals surface area contributed by atoms with Crippen LogP contribution in [0.5, 0.6) is 0 Å². The highest BCUT2D eigenvalue weighted by Gasteiger charge is 2.30. The first-order chi connectivity index (χ1) is 10.4. The molecular weight excluding hydrogens is 351 g/mol. The Labute approximate surface area is 139 Å². The molecule has 6 heteroatoms. The number of ether oxygens (including phenoxy) is 1. The number of amides is 1. The minimum absolute atomic E-state index is 0.107. The van der Waals surface area contributed by atoms with Crippen LogP contribution in [0.3, 0.4) is 0 Å². The normalized spacial score (nSPS) is 19.5. The van der Waals surface area contributed by atoms with Crippen molar-refractivity contribution >= 4 is 21.8 Å². The summed E-state index contributed by atoms with van der Waals surface area (Å²) < 4.78 is 20.2. The molecule has 1 saturated heterocycles. The topological polar surface area (TPSA) is 32.8 Å². The Kier molecular flexibility index (Phi) is 5.94. The summed E-state index contributed by atoms with van der Waals surface area (Å²) in [7, 11) is 1.68. The van der Waals surface area contributed by atoms with Crippen LogP contribution in [0.15, 0.2) is 22.7 Å². The largest absolute Gasteiger partial charge is 0.366 e. The molecule has 4 nitrogen and oxygen atoms in total. The highest BCUT2D eigenvalue weighted by atomic mass is 79.9. The summed E-state index contributed by atoms with van der Waals surface area (Å²) in [5.41, 5.74) is 0.488. The Balaban J connectivity index is 2.01. The van der Waals surface area contributed by atoms with Gasteiger partial charge in [-0.1, -0.05) is 15.9 Å².